The molecule has 0 aliphatic carbocycles. The zero-order chi connectivity index (χ0) is 9.68. The number of aliphatic hydroxyl groups is 1. The van der Waals surface area contributed by atoms with Gasteiger partial charge in [0, 0.05) is 17.8 Å². The molecule has 1 heterocycles. The largest absolute Gasteiger partial charge is 0.478 e. The van der Waals surface area contributed by atoms with Crippen LogP contribution < -0.4 is 0 Å². The van der Waals surface area contributed by atoms with Crippen molar-refractivity contribution in [3.63, 3.8) is 0 Å². The van der Waals surface area contributed by atoms with Crippen LogP contribution in [-0.2, 0) is 4.79 Å². The van der Waals surface area contributed by atoms with Gasteiger partial charge in [-0.2, -0.15) is 0 Å². The average molecular weight is 179 g/mol. The number of aromatic nitrogens is 1. The summed E-state index contributed by atoms with van der Waals surface area (Å²) in [7, 11) is 0. The van der Waals surface area contributed by atoms with Crippen molar-refractivity contribution in [2.45, 2.75) is 0 Å². The Labute approximate surface area is 75.2 Å². The van der Waals surface area contributed by atoms with Crippen LogP contribution in [0.1, 0.15) is 5.69 Å². The molecular weight excluding hydrogens is 170 g/mol. The fourth-order valence-electron chi connectivity index (χ4n) is 0.902. The number of aliphatic hydroxyl groups excluding tert-OH is 1. The lowest BCUT2D eigenvalue weighted by Gasteiger charge is -2.00. The quantitative estimate of drug-likeness (QED) is 0.664. The average Bonchev–Trinajstić information content (AvgIpc) is 2.15. The van der Waals surface area contributed by atoms with Gasteiger partial charge in [0.2, 0.25) is 0 Å². The van der Waals surface area contributed by atoms with Crippen molar-refractivity contribution < 1.29 is 15.0 Å². The second-order valence-electron chi connectivity index (χ2n) is 2.38. The molecule has 0 amide bonds. The number of carboxylic acids is 1. The highest BCUT2D eigenvalue weighted by Gasteiger charge is 2.02. The molecule has 0 aliphatic rings. The molecule has 0 unspecified atom stereocenters. The molecule has 0 saturated heterocycles. The van der Waals surface area contributed by atoms with Crippen molar-refractivity contribution in [3.05, 3.63) is 36.2 Å². The van der Waals surface area contributed by atoms with Gasteiger partial charge >= 0.3 is 5.97 Å². The summed E-state index contributed by atoms with van der Waals surface area (Å²) in [6, 6.07) is 5.10. The Bertz CT molecular complexity index is 319. The molecule has 0 spiro atoms. The van der Waals surface area contributed by atoms with Crippen LogP contribution in [0.3, 0.4) is 0 Å². The molecule has 2 N–H and O–H groups in total. The SMILES string of the molecule is O=C(O)/C=C(\CO)c1ccccn1. The zero-order valence-electron chi connectivity index (χ0n) is 6.84. The molecule has 68 valence electrons. The van der Waals surface area contributed by atoms with Crippen molar-refractivity contribution in [1.82, 2.24) is 4.98 Å². The summed E-state index contributed by atoms with van der Waals surface area (Å²) < 4.78 is 0. The number of hydrogen-bond acceptors (Lipinski definition) is 3. The molecule has 1 rings (SSSR count). The molecule has 1 aromatic heterocycles. The van der Waals surface area contributed by atoms with Crippen molar-refractivity contribution >= 4 is 11.5 Å². The highest BCUT2D eigenvalue weighted by molar-refractivity contribution is 5.89. The molecule has 1 aromatic rings. The fraction of sp³-hybridized carbons (Fsp3) is 0.111. The lowest BCUT2D eigenvalue weighted by molar-refractivity contribution is -0.131. The van der Waals surface area contributed by atoms with Gasteiger partial charge in [0.25, 0.3) is 0 Å². The maximum atomic E-state index is 10.3. The first-order valence-corrected chi connectivity index (χ1v) is 3.70. The molecule has 0 aromatic carbocycles. The maximum Gasteiger partial charge on any atom is 0.328 e. The number of hydrogen-bond donors (Lipinski definition) is 2. The number of carboxylic acid groups (broad SMARTS) is 1. The fourth-order valence-corrected chi connectivity index (χ4v) is 0.902. The third-order valence-corrected chi connectivity index (χ3v) is 1.46. The van der Waals surface area contributed by atoms with Crippen molar-refractivity contribution in [2.24, 2.45) is 0 Å². The van der Waals surface area contributed by atoms with E-state index in [0.29, 0.717) is 11.3 Å². The smallest absolute Gasteiger partial charge is 0.328 e. The van der Waals surface area contributed by atoms with Gasteiger partial charge in [-0.3, -0.25) is 4.98 Å². The molecule has 0 radical (unpaired) electrons. The third kappa shape index (κ3) is 2.68. The first kappa shape index (κ1) is 9.41. The predicted molar refractivity (Wildman–Crippen MR) is 46.9 cm³/mol. The number of rotatable bonds is 3. The minimum Gasteiger partial charge on any atom is -0.478 e. The van der Waals surface area contributed by atoms with Crippen LogP contribution in [0.2, 0.25) is 0 Å². The zero-order valence-corrected chi connectivity index (χ0v) is 6.84. The van der Waals surface area contributed by atoms with Crippen molar-refractivity contribution in [2.75, 3.05) is 6.61 Å². The molecule has 4 nitrogen and oxygen atoms in total. The van der Waals surface area contributed by atoms with E-state index in [4.69, 9.17) is 10.2 Å². The Balaban J connectivity index is 2.98. The number of aliphatic carboxylic acids is 1. The van der Waals surface area contributed by atoms with Gasteiger partial charge in [0.15, 0.2) is 0 Å². The predicted octanol–water partition coefficient (Wildman–Crippen LogP) is 0.542. The maximum absolute atomic E-state index is 10.3. The van der Waals surface area contributed by atoms with Gasteiger partial charge in [-0.15, -0.1) is 0 Å². The van der Waals surface area contributed by atoms with Gasteiger partial charge < -0.3 is 10.2 Å². The minimum atomic E-state index is -1.09. The van der Waals surface area contributed by atoms with Crippen LogP contribution >= 0.6 is 0 Å². The van der Waals surface area contributed by atoms with E-state index >= 15 is 0 Å². The van der Waals surface area contributed by atoms with E-state index in [1.54, 1.807) is 24.4 Å². The van der Waals surface area contributed by atoms with Crippen LogP contribution in [0.25, 0.3) is 5.57 Å². The summed E-state index contributed by atoms with van der Waals surface area (Å²) >= 11 is 0. The highest BCUT2D eigenvalue weighted by atomic mass is 16.4. The van der Waals surface area contributed by atoms with E-state index in [2.05, 4.69) is 4.98 Å². The number of nitrogens with zero attached hydrogens (tertiary/aromatic N) is 1. The van der Waals surface area contributed by atoms with Gasteiger partial charge in [0.05, 0.1) is 12.3 Å². The summed E-state index contributed by atoms with van der Waals surface area (Å²) in [5.74, 6) is -1.09. The second-order valence-corrected chi connectivity index (χ2v) is 2.38. The monoisotopic (exact) mass is 179 g/mol. The molecule has 4 heteroatoms. The summed E-state index contributed by atoms with van der Waals surface area (Å²) in [5.41, 5.74) is 0.778. The lowest BCUT2D eigenvalue weighted by Crippen LogP contribution is -1.98. The Morgan fingerprint density at radius 2 is 2.31 bits per heavy atom. The van der Waals surface area contributed by atoms with Gasteiger partial charge in [-0.1, -0.05) is 6.07 Å². The molecular formula is C9H9NO3. The summed E-state index contributed by atoms with van der Waals surface area (Å²) in [6.07, 6.45) is 2.49. The van der Waals surface area contributed by atoms with E-state index in [1.165, 1.54) is 0 Å². The van der Waals surface area contributed by atoms with Gasteiger partial charge in [0.1, 0.15) is 0 Å². The lowest BCUT2D eigenvalue weighted by atomic mass is 10.2. The molecule has 13 heavy (non-hydrogen) atoms. The topological polar surface area (TPSA) is 70.4 Å². The molecule has 0 fully saturated rings. The van der Waals surface area contributed by atoms with Gasteiger partial charge in [-0.05, 0) is 12.1 Å². The summed E-state index contributed by atoms with van der Waals surface area (Å²) in [4.78, 5) is 14.2. The highest BCUT2D eigenvalue weighted by Crippen LogP contribution is 2.09. The van der Waals surface area contributed by atoms with E-state index in [9.17, 15) is 4.79 Å². The molecule has 0 bridgehead atoms. The van der Waals surface area contributed by atoms with E-state index in [-0.39, 0.29) is 6.61 Å². The molecule has 0 atom stereocenters. The first-order valence-electron chi connectivity index (χ1n) is 3.70. The standard InChI is InChI=1S/C9H9NO3/c11-6-7(5-9(12)13)8-3-1-2-4-10-8/h1-5,11H,6H2,(H,12,13)/b7-5+. The van der Waals surface area contributed by atoms with Crippen LogP contribution in [0, 0.1) is 0 Å². The van der Waals surface area contributed by atoms with Crippen LogP contribution in [0.15, 0.2) is 30.5 Å². The van der Waals surface area contributed by atoms with Crippen molar-refractivity contribution in [1.29, 1.82) is 0 Å². The normalized spacial score (nSPS) is 11.3. The first-order chi connectivity index (χ1) is 6.24. The van der Waals surface area contributed by atoms with Crippen LogP contribution in [-0.4, -0.2) is 27.8 Å². The van der Waals surface area contributed by atoms with Crippen LogP contribution in [0.4, 0.5) is 0 Å². The second kappa shape index (κ2) is 4.37. The Hall–Kier alpha value is -1.68. The van der Waals surface area contributed by atoms with Crippen molar-refractivity contribution in [3.8, 4) is 0 Å². The summed E-state index contributed by atoms with van der Waals surface area (Å²) in [6.45, 7) is -0.330. The molecule has 0 aliphatic heterocycles. The number of pyridine rings is 1. The molecule has 0 saturated carbocycles. The number of carbonyl (C=O) groups is 1. The van der Waals surface area contributed by atoms with E-state index in [1.807, 2.05) is 0 Å². The minimum absolute atomic E-state index is 0.299. The Kier molecular flexibility index (Phi) is 3.16. The van der Waals surface area contributed by atoms with Crippen LogP contribution in [0.5, 0.6) is 0 Å². The Morgan fingerprint density at radius 3 is 2.77 bits per heavy atom. The van der Waals surface area contributed by atoms with E-state index < -0.39 is 5.97 Å². The third-order valence-electron chi connectivity index (χ3n) is 1.46. The van der Waals surface area contributed by atoms with Gasteiger partial charge in [-0.25, -0.2) is 4.79 Å². The van der Waals surface area contributed by atoms with E-state index in [0.717, 1.165) is 6.08 Å². The summed E-state index contributed by atoms with van der Waals surface area (Å²) in [5, 5.41) is 17.3. The Morgan fingerprint density at radius 1 is 1.54 bits per heavy atom.